The highest BCUT2D eigenvalue weighted by molar-refractivity contribution is 5.82. The van der Waals surface area contributed by atoms with Gasteiger partial charge in [0.25, 0.3) is 0 Å². The van der Waals surface area contributed by atoms with E-state index < -0.39 is 0 Å². The average Bonchev–Trinajstić information content (AvgIpc) is 2.19. The molecule has 1 aliphatic rings. The van der Waals surface area contributed by atoms with E-state index in [0.717, 1.165) is 19.6 Å². The summed E-state index contributed by atoms with van der Waals surface area (Å²) in [5.74, 6) is 0.298. The van der Waals surface area contributed by atoms with Crippen molar-refractivity contribution in [3.63, 3.8) is 0 Å². The number of piperazine rings is 1. The Bertz CT molecular complexity index is 263. The van der Waals surface area contributed by atoms with Crippen LogP contribution >= 0.6 is 0 Å². The van der Waals surface area contributed by atoms with Crippen LogP contribution in [0.1, 0.15) is 27.7 Å². The third kappa shape index (κ3) is 2.74. The molecule has 0 aromatic rings. The highest BCUT2D eigenvalue weighted by Crippen LogP contribution is 2.19. The Hall–Kier alpha value is -0.610. The van der Waals surface area contributed by atoms with Crippen molar-refractivity contribution in [2.24, 2.45) is 11.7 Å². The lowest BCUT2D eigenvalue weighted by Crippen LogP contribution is -2.61. The first-order valence-electron chi connectivity index (χ1n) is 6.01. The zero-order valence-corrected chi connectivity index (χ0v) is 11.2. The van der Waals surface area contributed by atoms with Gasteiger partial charge in [-0.2, -0.15) is 0 Å². The van der Waals surface area contributed by atoms with E-state index in [1.54, 1.807) is 0 Å². The predicted molar refractivity (Wildman–Crippen MR) is 66.1 cm³/mol. The van der Waals surface area contributed by atoms with E-state index >= 15 is 0 Å². The normalized spacial score (nSPS) is 23.6. The molecular formula is C12H25N3O. The maximum absolute atomic E-state index is 12.1. The van der Waals surface area contributed by atoms with Crippen LogP contribution in [-0.4, -0.2) is 54.0 Å². The van der Waals surface area contributed by atoms with E-state index in [0.29, 0.717) is 0 Å². The summed E-state index contributed by atoms with van der Waals surface area (Å²) in [6, 6.07) is -0.362. The third-order valence-electron chi connectivity index (χ3n) is 3.63. The van der Waals surface area contributed by atoms with E-state index in [2.05, 4.69) is 25.8 Å². The molecule has 1 saturated heterocycles. The lowest BCUT2D eigenvalue weighted by molar-refractivity contribution is -0.138. The fourth-order valence-electron chi connectivity index (χ4n) is 1.92. The Balaban J connectivity index is 2.66. The van der Waals surface area contributed by atoms with Crippen LogP contribution in [0, 0.1) is 5.92 Å². The maximum Gasteiger partial charge on any atom is 0.239 e. The standard InChI is InChI=1S/C12H25N3O/c1-9(2)10(13)11(16)15-7-6-14(5)12(3,4)8-15/h9-10H,6-8,13H2,1-5H3/t10-/m1/s1. The lowest BCUT2D eigenvalue weighted by Gasteiger charge is -2.46. The lowest BCUT2D eigenvalue weighted by atomic mass is 9.97. The molecule has 4 heteroatoms. The molecule has 1 fully saturated rings. The van der Waals surface area contributed by atoms with Gasteiger partial charge >= 0.3 is 0 Å². The molecule has 1 aliphatic heterocycles. The van der Waals surface area contributed by atoms with Crippen LogP contribution in [0.15, 0.2) is 0 Å². The molecule has 16 heavy (non-hydrogen) atoms. The molecule has 0 radical (unpaired) electrons. The van der Waals surface area contributed by atoms with Crippen molar-refractivity contribution in [1.82, 2.24) is 9.80 Å². The van der Waals surface area contributed by atoms with Gasteiger partial charge in [0.1, 0.15) is 0 Å². The molecule has 0 saturated carbocycles. The summed E-state index contributed by atoms with van der Waals surface area (Å²) in [7, 11) is 2.10. The van der Waals surface area contributed by atoms with Crippen molar-refractivity contribution in [2.75, 3.05) is 26.7 Å². The molecule has 0 bridgehead atoms. The van der Waals surface area contributed by atoms with E-state index in [1.807, 2.05) is 18.7 Å². The zero-order valence-electron chi connectivity index (χ0n) is 11.2. The summed E-state index contributed by atoms with van der Waals surface area (Å²) in [6.45, 7) is 10.8. The first-order valence-corrected chi connectivity index (χ1v) is 6.01. The van der Waals surface area contributed by atoms with E-state index in [-0.39, 0.29) is 23.4 Å². The second-order valence-electron chi connectivity index (χ2n) is 5.76. The minimum absolute atomic E-state index is 0.0462. The smallest absolute Gasteiger partial charge is 0.239 e. The summed E-state index contributed by atoms with van der Waals surface area (Å²) in [4.78, 5) is 16.3. The number of nitrogens with two attached hydrogens (primary N) is 1. The van der Waals surface area contributed by atoms with Crippen LogP contribution in [-0.2, 0) is 4.79 Å². The minimum atomic E-state index is -0.362. The number of nitrogens with zero attached hydrogens (tertiary/aromatic N) is 2. The van der Waals surface area contributed by atoms with E-state index in [1.165, 1.54) is 0 Å². The summed E-state index contributed by atoms with van der Waals surface area (Å²) >= 11 is 0. The summed E-state index contributed by atoms with van der Waals surface area (Å²) in [5.41, 5.74) is 5.96. The molecule has 94 valence electrons. The number of hydrogen-bond donors (Lipinski definition) is 1. The van der Waals surface area contributed by atoms with Gasteiger partial charge in [0.15, 0.2) is 0 Å². The van der Waals surface area contributed by atoms with Crippen LogP contribution < -0.4 is 5.73 Å². The Labute approximate surface area is 98.8 Å². The number of carbonyl (C=O) groups is 1. The molecular weight excluding hydrogens is 202 g/mol. The molecule has 0 aromatic heterocycles. The quantitative estimate of drug-likeness (QED) is 0.748. The Morgan fingerprint density at radius 2 is 1.88 bits per heavy atom. The van der Waals surface area contributed by atoms with Crippen LogP contribution in [0.2, 0.25) is 0 Å². The van der Waals surface area contributed by atoms with Gasteiger partial charge in [-0.1, -0.05) is 13.8 Å². The molecule has 0 unspecified atom stereocenters. The fourth-order valence-corrected chi connectivity index (χ4v) is 1.92. The number of hydrogen-bond acceptors (Lipinski definition) is 3. The summed E-state index contributed by atoms with van der Waals surface area (Å²) < 4.78 is 0. The fraction of sp³-hybridized carbons (Fsp3) is 0.917. The van der Waals surface area contributed by atoms with Crippen LogP contribution in [0.25, 0.3) is 0 Å². The number of likely N-dealkylation sites (N-methyl/N-ethyl adjacent to an activating group) is 1. The monoisotopic (exact) mass is 227 g/mol. The third-order valence-corrected chi connectivity index (χ3v) is 3.63. The van der Waals surface area contributed by atoms with Crippen molar-refractivity contribution in [2.45, 2.75) is 39.3 Å². The molecule has 2 N–H and O–H groups in total. The van der Waals surface area contributed by atoms with Crippen molar-refractivity contribution >= 4 is 5.91 Å². The zero-order chi connectivity index (χ0) is 12.5. The second kappa shape index (κ2) is 4.72. The number of carbonyl (C=O) groups excluding carboxylic acids is 1. The molecule has 1 heterocycles. The van der Waals surface area contributed by atoms with Crippen molar-refractivity contribution in [1.29, 1.82) is 0 Å². The SMILES string of the molecule is CC(C)[C@@H](N)C(=O)N1CCN(C)C(C)(C)C1. The number of amides is 1. The summed E-state index contributed by atoms with van der Waals surface area (Å²) in [5, 5.41) is 0. The second-order valence-corrected chi connectivity index (χ2v) is 5.76. The van der Waals surface area contributed by atoms with Gasteiger partial charge in [-0.25, -0.2) is 0 Å². The molecule has 4 nitrogen and oxygen atoms in total. The van der Waals surface area contributed by atoms with Crippen molar-refractivity contribution in [3.05, 3.63) is 0 Å². The molecule has 1 rings (SSSR count). The van der Waals surface area contributed by atoms with Gasteiger partial charge in [-0.05, 0) is 26.8 Å². The Morgan fingerprint density at radius 1 is 1.31 bits per heavy atom. The summed E-state index contributed by atoms with van der Waals surface area (Å²) in [6.07, 6.45) is 0. The Kier molecular flexibility index (Phi) is 3.97. The van der Waals surface area contributed by atoms with Crippen molar-refractivity contribution < 1.29 is 4.79 Å². The van der Waals surface area contributed by atoms with Gasteiger partial charge in [0, 0.05) is 25.2 Å². The minimum Gasteiger partial charge on any atom is -0.338 e. The highest BCUT2D eigenvalue weighted by Gasteiger charge is 2.35. The molecule has 0 aromatic carbocycles. The Morgan fingerprint density at radius 3 is 2.31 bits per heavy atom. The van der Waals surface area contributed by atoms with Crippen LogP contribution in [0.3, 0.4) is 0 Å². The van der Waals surface area contributed by atoms with Gasteiger partial charge in [-0.3, -0.25) is 9.69 Å². The molecule has 1 atom stereocenters. The maximum atomic E-state index is 12.1. The first kappa shape index (κ1) is 13.5. The van der Waals surface area contributed by atoms with E-state index in [9.17, 15) is 4.79 Å². The average molecular weight is 227 g/mol. The number of rotatable bonds is 2. The van der Waals surface area contributed by atoms with Gasteiger partial charge < -0.3 is 10.6 Å². The van der Waals surface area contributed by atoms with Gasteiger partial charge in [-0.15, -0.1) is 0 Å². The molecule has 1 amide bonds. The van der Waals surface area contributed by atoms with Crippen LogP contribution in [0.4, 0.5) is 0 Å². The van der Waals surface area contributed by atoms with Gasteiger partial charge in [0.05, 0.1) is 6.04 Å². The highest BCUT2D eigenvalue weighted by atomic mass is 16.2. The van der Waals surface area contributed by atoms with Crippen molar-refractivity contribution in [3.8, 4) is 0 Å². The molecule has 0 spiro atoms. The topological polar surface area (TPSA) is 49.6 Å². The van der Waals surface area contributed by atoms with Gasteiger partial charge in [0.2, 0.25) is 5.91 Å². The molecule has 0 aliphatic carbocycles. The van der Waals surface area contributed by atoms with Crippen LogP contribution in [0.5, 0.6) is 0 Å². The van der Waals surface area contributed by atoms with E-state index in [4.69, 9.17) is 5.73 Å². The predicted octanol–water partition coefficient (Wildman–Crippen LogP) is 0.522. The largest absolute Gasteiger partial charge is 0.338 e. The first-order chi connectivity index (χ1) is 7.25.